The highest BCUT2D eigenvalue weighted by Gasteiger charge is 2.34. The van der Waals surface area contributed by atoms with Crippen LogP contribution in [-0.2, 0) is 17.8 Å². The highest BCUT2D eigenvalue weighted by molar-refractivity contribution is 5.05. The third-order valence-corrected chi connectivity index (χ3v) is 4.32. The molecule has 118 valence electrons. The molecule has 1 aliphatic rings. The van der Waals surface area contributed by atoms with E-state index in [0.717, 1.165) is 45.4 Å². The summed E-state index contributed by atoms with van der Waals surface area (Å²) in [6.45, 7) is 8.34. The van der Waals surface area contributed by atoms with E-state index >= 15 is 0 Å². The lowest BCUT2D eigenvalue weighted by Crippen LogP contribution is -2.45. The maximum Gasteiger partial charge on any atom is 0.0587 e. The summed E-state index contributed by atoms with van der Waals surface area (Å²) < 4.78 is 7.10. The number of ether oxygens (including phenoxy) is 1. The average molecular weight is 293 g/mol. The van der Waals surface area contributed by atoms with Gasteiger partial charge in [-0.1, -0.05) is 6.08 Å². The lowest BCUT2D eigenvalue weighted by Gasteiger charge is -2.41. The minimum absolute atomic E-state index is 0.00856. The molecule has 0 saturated carbocycles. The molecular weight excluding hydrogens is 266 g/mol. The van der Waals surface area contributed by atoms with Crippen LogP contribution in [0.1, 0.15) is 24.8 Å². The van der Waals surface area contributed by atoms with Crippen LogP contribution in [0.5, 0.6) is 0 Å². The molecule has 0 radical (unpaired) electrons. The van der Waals surface area contributed by atoms with Gasteiger partial charge in [-0.15, -0.1) is 6.58 Å². The van der Waals surface area contributed by atoms with E-state index in [0.29, 0.717) is 6.61 Å². The number of likely N-dealkylation sites (tertiary alicyclic amines) is 1. The van der Waals surface area contributed by atoms with Crippen molar-refractivity contribution in [2.24, 2.45) is 5.41 Å². The number of rotatable bonds is 8. The van der Waals surface area contributed by atoms with Crippen molar-refractivity contribution in [3.05, 3.63) is 30.6 Å². The van der Waals surface area contributed by atoms with E-state index in [9.17, 15) is 5.11 Å². The molecule has 1 aromatic rings. The number of piperidine rings is 1. The summed E-state index contributed by atoms with van der Waals surface area (Å²) in [5, 5.41) is 14.1. The molecule has 0 bridgehead atoms. The van der Waals surface area contributed by atoms with Gasteiger partial charge in [-0.05, 0) is 25.8 Å². The van der Waals surface area contributed by atoms with Crippen molar-refractivity contribution < 1.29 is 9.84 Å². The molecule has 0 spiro atoms. The zero-order valence-electron chi connectivity index (χ0n) is 13.0. The largest absolute Gasteiger partial charge is 0.396 e. The van der Waals surface area contributed by atoms with E-state index in [2.05, 4.69) is 22.8 Å². The number of aromatic nitrogens is 2. The van der Waals surface area contributed by atoms with Crippen molar-refractivity contribution in [1.29, 1.82) is 0 Å². The smallest absolute Gasteiger partial charge is 0.0587 e. The number of aliphatic hydroxyl groups excluding tert-OH is 1. The first-order valence-corrected chi connectivity index (χ1v) is 7.66. The highest BCUT2D eigenvalue weighted by Crippen LogP contribution is 2.33. The van der Waals surface area contributed by atoms with Crippen molar-refractivity contribution in [3.8, 4) is 0 Å². The van der Waals surface area contributed by atoms with Crippen molar-refractivity contribution in [2.75, 3.05) is 33.4 Å². The maximum absolute atomic E-state index is 9.82. The van der Waals surface area contributed by atoms with Crippen LogP contribution in [0.25, 0.3) is 0 Å². The lowest BCUT2D eigenvalue weighted by atomic mass is 9.78. The van der Waals surface area contributed by atoms with Crippen LogP contribution in [0.3, 0.4) is 0 Å². The number of aliphatic hydroxyl groups is 1. The van der Waals surface area contributed by atoms with Gasteiger partial charge < -0.3 is 9.84 Å². The second kappa shape index (κ2) is 7.73. The van der Waals surface area contributed by atoms with Gasteiger partial charge in [-0.25, -0.2) is 0 Å². The van der Waals surface area contributed by atoms with E-state index < -0.39 is 0 Å². The predicted molar refractivity (Wildman–Crippen MR) is 82.9 cm³/mol. The van der Waals surface area contributed by atoms with Crippen LogP contribution in [-0.4, -0.2) is 53.2 Å². The first-order chi connectivity index (χ1) is 10.2. The Balaban J connectivity index is 1.94. The first kappa shape index (κ1) is 16.2. The number of hydrogen-bond acceptors (Lipinski definition) is 4. The molecule has 5 nitrogen and oxygen atoms in total. The summed E-state index contributed by atoms with van der Waals surface area (Å²) in [6, 6.07) is 0. The highest BCUT2D eigenvalue weighted by atomic mass is 16.5. The van der Waals surface area contributed by atoms with Crippen LogP contribution < -0.4 is 0 Å². The summed E-state index contributed by atoms with van der Waals surface area (Å²) in [5.41, 5.74) is 1.21. The van der Waals surface area contributed by atoms with Gasteiger partial charge >= 0.3 is 0 Å². The van der Waals surface area contributed by atoms with E-state index in [1.807, 2.05) is 17.0 Å². The van der Waals surface area contributed by atoms with Gasteiger partial charge in [0.25, 0.3) is 0 Å². The SMILES string of the molecule is C=CCn1cc(CN2CCCC(CO)(CCOC)C2)cn1. The molecule has 1 N–H and O–H groups in total. The molecule has 2 rings (SSSR count). The summed E-state index contributed by atoms with van der Waals surface area (Å²) in [7, 11) is 1.72. The first-order valence-electron chi connectivity index (χ1n) is 7.66. The number of methoxy groups -OCH3 is 1. The normalized spacial score (nSPS) is 23.3. The molecule has 0 aromatic carbocycles. The summed E-state index contributed by atoms with van der Waals surface area (Å²) >= 11 is 0. The van der Waals surface area contributed by atoms with Gasteiger partial charge in [0, 0.05) is 44.0 Å². The maximum atomic E-state index is 9.82. The Hall–Kier alpha value is -1.17. The second-order valence-electron chi connectivity index (χ2n) is 6.07. The van der Waals surface area contributed by atoms with Gasteiger partial charge in [0.2, 0.25) is 0 Å². The third-order valence-electron chi connectivity index (χ3n) is 4.32. The van der Waals surface area contributed by atoms with Crippen molar-refractivity contribution >= 4 is 0 Å². The second-order valence-corrected chi connectivity index (χ2v) is 6.07. The van der Waals surface area contributed by atoms with Crippen LogP contribution in [0.15, 0.2) is 25.0 Å². The topological polar surface area (TPSA) is 50.5 Å². The van der Waals surface area contributed by atoms with Crippen LogP contribution >= 0.6 is 0 Å². The van der Waals surface area contributed by atoms with Gasteiger partial charge in [-0.2, -0.15) is 5.10 Å². The summed E-state index contributed by atoms with van der Waals surface area (Å²) in [5.74, 6) is 0. The van der Waals surface area contributed by atoms with Crippen molar-refractivity contribution in [2.45, 2.75) is 32.4 Å². The van der Waals surface area contributed by atoms with E-state index in [1.54, 1.807) is 7.11 Å². The Morgan fingerprint density at radius 2 is 2.43 bits per heavy atom. The molecule has 1 aliphatic heterocycles. The number of nitrogens with zero attached hydrogens (tertiary/aromatic N) is 3. The fraction of sp³-hybridized carbons (Fsp3) is 0.688. The lowest BCUT2D eigenvalue weighted by molar-refractivity contribution is 0.00475. The van der Waals surface area contributed by atoms with E-state index in [4.69, 9.17) is 4.74 Å². The van der Waals surface area contributed by atoms with Crippen molar-refractivity contribution in [1.82, 2.24) is 14.7 Å². The fourth-order valence-corrected chi connectivity index (χ4v) is 3.15. The zero-order chi connectivity index (χ0) is 15.1. The fourth-order valence-electron chi connectivity index (χ4n) is 3.15. The predicted octanol–water partition coefficient (Wildman–Crippen LogP) is 1.68. The Kier molecular flexibility index (Phi) is 5.96. The standard InChI is InChI=1S/C16H27N3O2/c1-3-7-19-12-15(10-17-19)11-18-8-4-5-16(13-18,14-20)6-9-21-2/h3,10,12,20H,1,4-9,11,13-14H2,2H3. The van der Waals surface area contributed by atoms with Gasteiger partial charge in [0.1, 0.15) is 0 Å². The molecule has 1 saturated heterocycles. The Bertz CT molecular complexity index is 446. The Labute approximate surface area is 127 Å². The van der Waals surface area contributed by atoms with Gasteiger partial charge in [0.05, 0.1) is 19.3 Å². The number of hydrogen-bond donors (Lipinski definition) is 1. The molecule has 0 aliphatic carbocycles. The minimum atomic E-state index is -0.00856. The van der Waals surface area contributed by atoms with E-state index in [-0.39, 0.29) is 12.0 Å². The molecule has 1 unspecified atom stereocenters. The molecule has 21 heavy (non-hydrogen) atoms. The van der Waals surface area contributed by atoms with Crippen molar-refractivity contribution in [3.63, 3.8) is 0 Å². The Morgan fingerprint density at radius 3 is 3.14 bits per heavy atom. The van der Waals surface area contributed by atoms with E-state index in [1.165, 1.54) is 5.56 Å². The molecular formula is C16H27N3O2. The zero-order valence-corrected chi connectivity index (χ0v) is 13.0. The summed E-state index contributed by atoms with van der Waals surface area (Å²) in [4.78, 5) is 2.42. The van der Waals surface area contributed by atoms with Crippen LogP contribution in [0, 0.1) is 5.41 Å². The molecule has 1 aromatic heterocycles. The van der Waals surface area contributed by atoms with Gasteiger partial charge in [0.15, 0.2) is 0 Å². The monoisotopic (exact) mass is 293 g/mol. The third kappa shape index (κ3) is 4.40. The van der Waals surface area contributed by atoms with Crippen LogP contribution in [0.4, 0.5) is 0 Å². The minimum Gasteiger partial charge on any atom is -0.396 e. The molecule has 0 amide bonds. The quantitative estimate of drug-likeness (QED) is 0.741. The molecule has 5 heteroatoms. The van der Waals surface area contributed by atoms with Gasteiger partial charge in [-0.3, -0.25) is 9.58 Å². The van der Waals surface area contributed by atoms with Crippen LogP contribution in [0.2, 0.25) is 0 Å². The Morgan fingerprint density at radius 1 is 1.57 bits per heavy atom. The summed E-state index contributed by atoms with van der Waals surface area (Å²) in [6.07, 6.45) is 8.98. The average Bonchev–Trinajstić information content (AvgIpc) is 2.93. The number of allylic oxidation sites excluding steroid dienone is 1. The molecule has 1 atom stereocenters. The molecule has 2 heterocycles. The molecule has 1 fully saturated rings.